The first-order valence-electron chi connectivity index (χ1n) is 4.29. The Balaban J connectivity index is 2.22. The van der Waals surface area contributed by atoms with Crippen LogP contribution in [0.5, 0.6) is 0 Å². The first-order valence-corrected chi connectivity index (χ1v) is 4.67. The first-order chi connectivity index (χ1) is 6.10. The summed E-state index contributed by atoms with van der Waals surface area (Å²) in [7, 11) is 0. The number of alkyl halides is 1. The summed E-state index contributed by atoms with van der Waals surface area (Å²) in [6.07, 6.45) is 0.115. The number of halogens is 2. The van der Waals surface area contributed by atoms with Crippen LogP contribution >= 0.6 is 11.6 Å². The molecule has 13 heavy (non-hydrogen) atoms. The summed E-state index contributed by atoms with van der Waals surface area (Å²) in [4.78, 5) is 0. The molecule has 0 heterocycles. The molecule has 1 aliphatic rings. The van der Waals surface area contributed by atoms with Gasteiger partial charge in [-0.1, -0.05) is 23.7 Å². The van der Waals surface area contributed by atoms with Gasteiger partial charge in [-0.2, -0.15) is 0 Å². The van der Waals surface area contributed by atoms with Gasteiger partial charge in [-0.25, -0.2) is 4.39 Å². The fraction of sp³-hybridized carbons (Fsp3) is 0.400. The molecule has 2 N–H and O–H groups in total. The molecule has 0 radical (unpaired) electrons. The second-order valence-corrected chi connectivity index (χ2v) is 4.10. The minimum atomic E-state index is -0.735. The van der Waals surface area contributed by atoms with Gasteiger partial charge in [0, 0.05) is 23.4 Å². The van der Waals surface area contributed by atoms with Crippen molar-refractivity contribution in [3.63, 3.8) is 0 Å². The second kappa shape index (κ2) is 2.96. The molecule has 1 aromatic carbocycles. The predicted octanol–water partition coefficient (Wildman–Crippen LogP) is 2.63. The van der Waals surface area contributed by atoms with E-state index in [1.165, 1.54) is 0 Å². The highest BCUT2D eigenvalue weighted by molar-refractivity contribution is 6.30. The molecule has 1 aromatic rings. The Bertz CT molecular complexity index is 303. The van der Waals surface area contributed by atoms with E-state index >= 15 is 0 Å². The van der Waals surface area contributed by atoms with Crippen LogP contribution in [0.2, 0.25) is 5.02 Å². The molecule has 0 amide bonds. The molecule has 3 heteroatoms. The number of nitrogens with two attached hydrogens (primary N) is 1. The molecule has 0 aliphatic heterocycles. The van der Waals surface area contributed by atoms with Crippen LogP contribution in [0.1, 0.15) is 18.4 Å². The molecule has 0 bridgehead atoms. The summed E-state index contributed by atoms with van der Waals surface area (Å²) in [5, 5.41) is 0.684. The molecular formula is C10H11ClFN. The summed E-state index contributed by atoms with van der Waals surface area (Å²) in [5.41, 5.74) is 6.50. The lowest BCUT2D eigenvalue weighted by Crippen LogP contribution is -2.50. The largest absolute Gasteiger partial charge is 0.321 e. The average molecular weight is 200 g/mol. The topological polar surface area (TPSA) is 26.0 Å². The van der Waals surface area contributed by atoms with Crippen LogP contribution in [0, 0.1) is 0 Å². The number of rotatable bonds is 1. The fourth-order valence-corrected chi connectivity index (χ4v) is 1.87. The third-order valence-electron chi connectivity index (χ3n) is 2.59. The van der Waals surface area contributed by atoms with Gasteiger partial charge in [0.1, 0.15) is 6.17 Å². The molecule has 2 rings (SSSR count). The van der Waals surface area contributed by atoms with Crippen molar-refractivity contribution >= 4 is 11.6 Å². The lowest BCUT2D eigenvalue weighted by atomic mass is 9.71. The van der Waals surface area contributed by atoms with Gasteiger partial charge >= 0.3 is 0 Å². The van der Waals surface area contributed by atoms with Crippen LogP contribution in [0.15, 0.2) is 24.3 Å². The van der Waals surface area contributed by atoms with Gasteiger partial charge in [-0.05, 0) is 17.7 Å². The quantitative estimate of drug-likeness (QED) is 0.740. The van der Waals surface area contributed by atoms with E-state index in [-0.39, 0.29) is 0 Å². The Morgan fingerprint density at radius 1 is 1.31 bits per heavy atom. The Morgan fingerprint density at radius 3 is 2.31 bits per heavy atom. The third kappa shape index (κ3) is 1.56. The maximum absolute atomic E-state index is 12.7. The van der Waals surface area contributed by atoms with Crippen LogP contribution in [0.25, 0.3) is 0 Å². The first kappa shape index (κ1) is 8.97. The predicted molar refractivity (Wildman–Crippen MR) is 51.4 cm³/mol. The molecule has 0 spiro atoms. The van der Waals surface area contributed by atoms with Crippen LogP contribution < -0.4 is 5.73 Å². The molecule has 1 saturated carbocycles. The normalized spacial score (nSPS) is 32.7. The van der Waals surface area contributed by atoms with E-state index in [4.69, 9.17) is 17.3 Å². The standard InChI is InChI=1S/C10H11ClFN/c11-8-3-1-7(2-4-8)10(13)5-9(12)6-10/h1-4,9H,5-6,13H2. The Labute approximate surface area is 81.7 Å². The summed E-state index contributed by atoms with van der Waals surface area (Å²) < 4.78 is 12.7. The van der Waals surface area contributed by atoms with Gasteiger partial charge in [-0.15, -0.1) is 0 Å². The summed E-state index contributed by atoms with van der Waals surface area (Å²) in [6, 6.07) is 7.32. The molecular weight excluding hydrogens is 189 g/mol. The molecule has 0 unspecified atom stereocenters. The highest BCUT2D eigenvalue weighted by atomic mass is 35.5. The minimum Gasteiger partial charge on any atom is -0.321 e. The van der Waals surface area contributed by atoms with Gasteiger partial charge in [-0.3, -0.25) is 0 Å². The molecule has 0 atom stereocenters. The van der Waals surface area contributed by atoms with E-state index in [1.54, 1.807) is 12.1 Å². The number of hydrogen-bond acceptors (Lipinski definition) is 1. The molecule has 1 nitrogen and oxygen atoms in total. The van der Waals surface area contributed by atoms with Crippen molar-refractivity contribution in [2.75, 3.05) is 0 Å². The SMILES string of the molecule is NC1(c2ccc(Cl)cc2)CC(F)C1. The molecule has 1 fully saturated rings. The summed E-state index contributed by atoms with van der Waals surface area (Å²) in [5.74, 6) is 0. The average Bonchev–Trinajstić information content (AvgIpc) is 2.03. The van der Waals surface area contributed by atoms with E-state index in [9.17, 15) is 4.39 Å². The minimum absolute atomic E-state index is 0.425. The summed E-state index contributed by atoms with van der Waals surface area (Å²) >= 11 is 5.74. The smallest absolute Gasteiger partial charge is 0.104 e. The maximum Gasteiger partial charge on any atom is 0.104 e. The molecule has 1 aliphatic carbocycles. The molecule has 0 saturated heterocycles. The van der Waals surface area contributed by atoms with Crippen molar-refractivity contribution in [2.24, 2.45) is 5.73 Å². The van der Waals surface area contributed by atoms with E-state index in [2.05, 4.69) is 0 Å². The third-order valence-corrected chi connectivity index (χ3v) is 2.84. The van der Waals surface area contributed by atoms with Crippen molar-refractivity contribution in [3.8, 4) is 0 Å². The highest BCUT2D eigenvalue weighted by Gasteiger charge is 2.42. The van der Waals surface area contributed by atoms with Crippen molar-refractivity contribution < 1.29 is 4.39 Å². The number of hydrogen-bond donors (Lipinski definition) is 1. The van der Waals surface area contributed by atoms with E-state index in [1.807, 2.05) is 12.1 Å². The maximum atomic E-state index is 12.7. The van der Waals surface area contributed by atoms with E-state index in [0.29, 0.717) is 17.9 Å². The molecule has 70 valence electrons. The van der Waals surface area contributed by atoms with E-state index in [0.717, 1.165) is 5.56 Å². The zero-order valence-electron chi connectivity index (χ0n) is 7.13. The van der Waals surface area contributed by atoms with Crippen molar-refractivity contribution in [1.29, 1.82) is 0 Å². The molecule has 0 aromatic heterocycles. The van der Waals surface area contributed by atoms with Gasteiger partial charge in [0.2, 0.25) is 0 Å². The number of benzene rings is 1. The van der Waals surface area contributed by atoms with Gasteiger partial charge in [0.25, 0.3) is 0 Å². The Hall–Kier alpha value is -0.600. The second-order valence-electron chi connectivity index (χ2n) is 3.67. The van der Waals surface area contributed by atoms with E-state index < -0.39 is 11.7 Å². The van der Waals surface area contributed by atoms with Crippen LogP contribution in [0.3, 0.4) is 0 Å². The van der Waals surface area contributed by atoms with Gasteiger partial charge < -0.3 is 5.73 Å². The monoisotopic (exact) mass is 199 g/mol. The van der Waals surface area contributed by atoms with Crippen molar-refractivity contribution in [1.82, 2.24) is 0 Å². The lowest BCUT2D eigenvalue weighted by Gasteiger charge is -2.41. The highest BCUT2D eigenvalue weighted by Crippen LogP contribution is 2.40. The van der Waals surface area contributed by atoms with Crippen molar-refractivity contribution in [3.05, 3.63) is 34.9 Å². The van der Waals surface area contributed by atoms with Gasteiger partial charge in [0.05, 0.1) is 0 Å². The fourth-order valence-electron chi connectivity index (χ4n) is 1.75. The van der Waals surface area contributed by atoms with Gasteiger partial charge in [0.15, 0.2) is 0 Å². The zero-order chi connectivity index (χ0) is 9.47. The van der Waals surface area contributed by atoms with Crippen LogP contribution in [-0.2, 0) is 5.54 Å². The Kier molecular flexibility index (Phi) is 2.05. The zero-order valence-corrected chi connectivity index (χ0v) is 7.89. The summed E-state index contributed by atoms with van der Waals surface area (Å²) in [6.45, 7) is 0. The Morgan fingerprint density at radius 2 is 1.85 bits per heavy atom. The van der Waals surface area contributed by atoms with Crippen molar-refractivity contribution in [2.45, 2.75) is 24.6 Å². The van der Waals surface area contributed by atoms with Crippen LogP contribution in [-0.4, -0.2) is 6.17 Å². The lowest BCUT2D eigenvalue weighted by molar-refractivity contribution is 0.0985. The van der Waals surface area contributed by atoms with Crippen LogP contribution in [0.4, 0.5) is 4.39 Å².